The van der Waals surface area contributed by atoms with Gasteiger partial charge < -0.3 is 0 Å². The van der Waals surface area contributed by atoms with Crippen molar-refractivity contribution in [2.24, 2.45) is 7.05 Å². The average Bonchev–Trinajstić information content (AvgIpc) is 2.64. The van der Waals surface area contributed by atoms with Gasteiger partial charge in [-0.05, 0) is 31.2 Å². The van der Waals surface area contributed by atoms with Crippen molar-refractivity contribution in [3.8, 4) is 0 Å². The molecule has 0 unspecified atom stereocenters. The molecule has 2 rings (SSSR count). The topological polar surface area (TPSA) is 75.1 Å². The highest BCUT2D eigenvalue weighted by Gasteiger charge is 2.26. The van der Waals surface area contributed by atoms with Crippen LogP contribution < -0.4 is 5.32 Å². The number of hydrogen-bond acceptors (Lipinski definition) is 3. The zero-order valence-corrected chi connectivity index (χ0v) is 11.1. The minimum atomic E-state index is -0.329. The Morgan fingerprint density at radius 1 is 1.42 bits per heavy atom. The number of carbonyl (C=O) groups excluding carboxylic acids is 1. The first-order valence-corrected chi connectivity index (χ1v) is 5.86. The Morgan fingerprint density at radius 3 is 2.63 bits per heavy atom. The largest absolute Gasteiger partial charge is 0.449 e. The molecule has 1 aromatic heterocycles. The Morgan fingerprint density at radius 2 is 2.05 bits per heavy atom. The van der Waals surface area contributed by atoms with Crippen LogP contribution in [0.5, 0.6) is 0 Å². The number of amides is 1. The molecule has 0 aliphatic heterocycles. The van der Waals surface area contributed by atoms with Gasteiger partial charge in [0.15, 0.2) is 10.7 Å². The van der Waals surface area contributed by atoms with E-state index in [0.717, 1.165) is 0 Å². The number of hydrogen-bond donors (Lipinski definition) is 1. The second-order valence-electron chi connectivity index (χ2n) is 3.97. The zero-order chi connectivity index (χ0) is 14.0. The van der Waals surface area contributed by atoms with E-state index in [1.54, 1.807) is 38.2 Å². The van der Waals surface area contributed by atoms with Crippen molar-refractivity contribution in [1.82, 2.24) is 9.78 Å². The molecule has 0 atom stereocenters. The number of carbonyl (C=O) groups is 1. The fraction of sp³-hybridized carbons (Fsp3) is 0.167. The van der Waals surface area contributed by atoms with Gasteiger partial charge in [-0.3, -0.25) is 10.1 Å². The Bertz CT molecular complexity index is 669. The highest BCUT2D eigenvalue weighted by molar-refractivity contribution is 6.30. The van der Waals surface area contributed by atoms with Crippen LogP contribution in [-0.4, -0.2) is 15.7 Å². The van der Waals surface area contributed by atoms with Gasteiger partial charge >= 0.3 is 5.69 Å². The van der Waals surface area contributed by atoms with Gasteiger partial charge in [-0.1, -0.05) is 11.6 Å². The maximum Gasteiger partial charge on any atom is 0.449 e. The maximum absolute atomic E-state index is 12.0. The summed E-state index contributed by atoms with van der Waals surface area (Å²) in [5.74, 6) is 0.00418. The highest BCUT2D eigenvalue weighted by atomic mass is 35.5. The summed E-state index contributed by atoms with van der Waals surface area (Å²) < 4.78 is 1.44. The van der Waals surface area contributed by atoms with Gasteiger partial charge in [-0.25, -0.2) is 4.68 Å². The number of nitrogens with one attached hydrogen (secondary N) is 1. The molecule has 0 aliphatic rings. The summed E-state index contributed by atoms with van der Waals surface area (Å²) in [5, 5.41) is 16.2. The van der Waals surface area contributed by atoms with Gasteiger partial charge in [0.25, 0.3) is 5.91 Å². The van der Waals surface area contributed by atoms with Crippen LogP contribution in [0.15, 0.2) is 24.3 Å². The number of aryl methyl sites for hydroxylation is 2. The van der Waals surface area contributed by atoms with E-state index in [1.807, 2.05) is 0 Å². The molecule has 0 spiro atoms. The number of halogens is 1. The molecule has 96 valence electrons. The van der Waals surface area contributed by atoms with Crippen molar-refractivity contribution < 1.29 is 4.79 Å². The summed E-state index contributed by atoms with van der Waals surface area (Å²) in [6.45, 7) is 1.69. The monoisotopic (exact) mass is 276 g/mol. The summed E-state index contributed by atoms with van der Waals surface area (Å²) in [5.41, 5.74) is 1.22. The lowest BCUT2D eigenvalue weighted by Crippen LogP contribution is -2.14. The lowest BCUT2D eigenvalue weighted by molar-refractivity contribution is 0.102. The van der Waals surface area contributed by atoms with E-state index in [1.165, 1.54) is 4.68 Å². The number of rotatable bonds is 2. The lowest BCUT2D eigenvalue weighted by atomic mass is 10.2. The van der Waals surface area contributed by atoms with E-state index in [0.29, 0.717) is 22.1 Å². The van der Waals surface area contributed by atoms with Crippen LogP contribution in [0.1, 0.15) is 16.1 Å². The molecule has 1 amide bonds. The number of anilines is 1. The molecule has 0 radical (unpaired) electrons. The van der Waals surface area contributed by atoms with Gasteiger partial charge in [0, 0.05) is 17.6 Å². The van der Waals surface area contributed by atoms with E-state index >= 15 is 0 Å². The van der Waals surface area contributed by atoms with E-state index in [9.17, 15) is 4.79 Å². The third-order valence-corrected chi connectivity index (χ3v) is 2.88. The standard InChI is InChI=1S/C12H10ClN5O/c1-7-10(16-14)11(18(2)17-7)15-12(19)8-3-5-9(13)6-4-8/h3-6H,1-2H3/p+1. The summed E-state index contributed by atoms with van der Waals surface area (Å²) >= 11 is 5.76. The lowest BCUT2D eigenvalue weighted by Gasteiger charge is -2.03. The van der Waals surface area contributed by atoms with Crippen molar-refractivity contribution in [2.75, 3.05) is 5.32 Å². The minimum Gasteiger partial charge on any atom is -0.300 e. The quantitative estimate of drug-likeness (QED) is 0.856. The van der Waals surface area contributed by atoms with Crippen LogP contribution >= 0.6 is 11.6 Å². The zero-order valence-electron chi connectivity index (χ0n) is 10.4. The summed E-state index contributed by atoms with van der Waals surface area (Å²) in [6.07, 6.45) is 0. The van der Waals surface area contributed by atoms with Crippen molar-refractivity contribution in [3.63, 3.8) is 0 Å². The number of benzene rings is 1. The van der Waals surface area contributed by atoms with Crippen LogP contribution in [0.2, 0.25) is 5.02 Å². The van der Waals surface area contributed by atoms with Crippen LogP contribution in [0, 0.1) is 12.3 Å². The smallest absolute Gasteiger partial charge is 0.300 e. The minimum absolute atomic E-state index is 0.241. The molecule has 7 heteroatoms. The van der Waals surface area contributed by atoms with Crippen LogP contribution in [0.3, 0.4) is 0 Å². The second-order valence-corrected chi connectivity index (χ2v) is 4.40. The van der Waals surface area contributed by atoms with Gasteiger partial charge in [0.05, 0.1) is 0 Å². The summed E-state index contributed by atoms with van der Waals surface area (Å²) in [7, 11) is 1.65. The number of aromatic nitrogens is 2. The van der Waals surface area contributed by atoms with Gasteiger partial charge in [-0.15, -0.1) is 0 Å². The molecule has 19 heavy (non-hydrogen) atoms. The third-order valence-electron chi connectivity index (χ3n) is 2.63. The molecule has 0 saturated heterocycles. The summed E-state index contributed by atoms with van der Waals surface area (Å²) in [4.78, 5) is 15.2. The second kappa shape index (κ2) is 5.08. The predicted octanol–water partition coefficient (Wildman–Crippen LogP) is 3.12. The fourth-order valence-corrected chi connectivity index (χ4v) is 1.81. The molecular formula is C12H11ClN5O+. The average molecular weight is 277 g/mol. The van der Waals surface area contributed by atoms with Crippen molar-refractivity contribution in [2.45, 2.75) is 6.92 Å². The Labute approximate surface area is 114 Å². The van der Waals surface area contributed by atoms with E-state index < -0.39 is 0 Å². The van der Waals surface area contributed by atoms with E-state index in [2.05, 4.69) is 15.4 Å². The van der Waals surface area contributed by atoms with Crippen molar-refractivity contribution in [3.05, 3.63) is 45.5 Å². The molecule has 0 aliphatic carbocycles. The first kappa shape index (κ1) is 13.1. The van der Waals surface area contributed by atoms with Crippen molar-refractivity contribution in [1.29, 1.82) is 5.39 Å². The molecule has 2 aromatic rings. The highest BCUT2D eigenvalue weighted by Crippen LogP contribution is 2.28. The first-order chi connectivity index (χ1) is 9.02. The predicted molar refractivity (Wildman–Crippen MR) is 72.1 cm³/mol. The Kier molecular flexibility index (Phi) is 3.49. The SMILES string of the molecule is Cc1nn(C)c(NC(=O)c2ccc(Cl)cc2)c1[N+]#N. The van der Waals surface area contributed by atoms with Gasteiger partial charge in [-0.2, -0.15) is 5.10 Å². The van der Waals surface area contributed by atoms with Crippen LogP contribution in [0.4, 0.5) is 11.5 Å². The summed E-state index contributed by atoms with van der Waals surface area (Å²) in [6, 6.07) is 6.47. The Hall–Kier alpha value is -2.39. The molecular weight excluding hydrogens is 266 g/mol. The van der Waals surface area contributed by atoms with Gasteiger partial charge in [0.1, 0.15) is 0 Å². The van der Waals surface area contributed by atoms with Crippen LogP contribution in [-0.2, 0) is 7.05 Å². The first-order valence-electron chi connectivity index (χ1n) is 5.48. The van der Waals surface area contributed by atoms with Crippen molar-refractivity contribution >= 4 is 29.0 Å². The fourth-order valence-electron chi connectivity index (χ4n) is 1.69. The molecule has 0 bridgehead atoms. The van der Waals surface area contributed by atoms with E-state index in [-0.39, 0.29) is 11.6 Å². The molecule has 1 N–H and O–H groups in total. The Balaban J connectivity index is 2.29. The van der Waals surface area contributed by atoms with Crippen LogP contribution in [0.25, 0.3) is 4.98 Å². The molecule has 1 heterocycles. The molecule has 0 fully saturated rings. The normalized spacial score (nSPS) is 10.0. The molecule has 6 nitrogen and oxygen atoms in total. The molecule has 0 saturated carbocycles. The maximum atomic E-state index is 12.0. The van der Waals surface area contributed by atoms with E-state index in [4.69, 9.17) is 17.0 Å². The molecule has 1 aromatic carbocycles. The number of diazo groups is 1. The third kappa shape index (κ3) is 2.56. The van der Waals surface area contributed by atoms with Gasteiger partial charge in [0.2, 0.25) is 11.2 Å². The number of nitrogens with zero attached hydrogens (tertiary/aromatic N) is 4.